The lowest BCUT2D eigenvalue weighted by atomic mass is 10.1. The van der Waals surface area contributed by atoms with Crippen LogP contribution in [0.15, 0.2) is 36.5 Å². The van der Waals surface area contributed by atoms with E-state index in [0.29, 0.717) is 5.56 Å². The molecule has 90 valence electrons. The SMILES string of the molecule is ClC(Cl)(Cl)c1cccc2cccnc12.O=[S+]O. The first kappa shape index (κ1) is 14.5. The minimum absolute atomic E-state index is 0.500. The number of nitrogens with zero attached hydrogens (tertiary/aromatic N) is 1. The van der Waals surface area contributed by atoms with E-state index < -0.39 is 15.7 Å². The number of rotatable bonds is 0. The molecule has 0 fully saturated rings. The van der Waals surface area contributed by atoms with Gasteiger partial charge in [-0.15, -0.1) is 0 Å². The number of pyridine rings is 1. The van der Waals surface area contributed by atoms with E-state index in [1.165, 1.54) is 0 Å². The molecule has 0 amide bonds. The van der Waals surface area contributed by atoms with E-state index in [4.69, 9.17) is 43.6 Å². The second-order valence-corrected chi connectivity index (χ2v) is 5.38. The topological polar surface area (TPSA) is 50.2 Å². The summed E-state index contributed by atoms with van der Waals surface area (Å²) < 4.78 is 13.9. The molecule has 1 aromatic carbocycles. The van der Waals surface area contributed by atoms with Crippen LogP contribution < -0.4 is 0 Å². The van der Waals surface area contributed by atoms with Crippen LogP contribution in [0.4, 0.5) is 0 Å². The van der Waals surface area contributed by atoms with Gasteiger partial charge >= 0.3 is 11.9 Å². The van der Waals surface area contributed by atoms with Crippen LogP contribution in [-0.2, 0) is 19.9 Å². The predicted molar refractivity (Wildman–Crippen MR) is 71.7 cm³/mol. The van der Waals surface area contributed by atoms with Crippen LogP contribution in [0.2, 0.25) is 0 Å². The molecule has 7 heteroatoms. The molecule has 0 spiro atoms. The zero-order valence-electron chi connectivity index (χ0n) is 8.31. The van der Waals surface area contributed by atoms with Crippen molar-refractivity contribution in [3.05, 3.63) is 42.1 Å². The molecule has 0 atom stereocenters. The zero-order chi connectivity index (χ0) is 12.9. The smallest absolute Gasteiger partial charge is 0.256 e. The minimum Gasteiger partial charge on any atom is -0.256 e. The van der Waals surface area contributed by atoms with Gasteiger partial charge in [-0.25, -0.2) is 0 Å². The summed E-state index contributed by atoms with van der Waals surface area (Å²) in [5.74, 6) is 0. The Morgan fingerprint density at radius 2 is 1.76 bits per heavy atom. The van der Waals surface area contributed by atoms with Crippen molar-refractivity contribution in [1.82, 2.24) is 4.98 Å². The number of fused-ring (bicyclic) bond motifs is 1. The summed E-state index contributed by atoms with van der Waals surface area (Å²) in [7, 11) is 0. The summed E-state index contributed by atoms with van der Waals surface area (Å²) in [5.41, 5.74) is 1.34. The monoisotopic (exact) mass is 310 g/mol. The molecule has 3 nitrogen and oxygen atoms in total. The molecule has 1 heterocycles. The van der Waals surface area contributed by atoms with E-state index in [9.17, 15) is 0 Å². The molecule has 17 heavy (non-hydrogen) atoms. The van der Waals surface area contributed by atoms with Crippen molar-refractivity contribution in [1.29, 1.82) is 0 Å². The number of hydrogen-bond donors (Lipinski definition) is 1. The lowest BCUT2D eigenvalue weighted by molar-refractivity contribution is 0.538. The van der Waals surface area contributed by atoms with Crippen molar-refractivity contribution in [2.45, 2.75) is 3.79 Å². The van der Waals surface area contributed by atoms with E-state index >= 15 is 0 Å². The molecule has 0 aliphatic heterocycles. The highest BCUT2D eigenvalue weighted by atomic mass is 35.6. The molecule has 0 aliphatic rings. The highest BCUT2D eigenvalue weighted by Gasteiger charge is 2.25. The van der Waals surface area contributed by atoms with Crippen LogP contribution in [-0.4, -0.2) is 9.54 Å². The fourth-order valence-corrected chi connectivity index (χ4v) is 1.79. The van der Waals surface area contributed by atoms with Crippen molar-refractivity contribution < 1.29 is 8.76 Å². The van der Waals surface area contributed by atoms with Crippen molar-refractivity contribution in [2.75, 3.05) is 0 Å². The number of halogens is 3. The fourth-order valence-electron chi connectivity index (χ4n) is 1.33. The summed E-state index contributed by atoms with van der Waals surface area (Å²) in [6.07, 6.45) is 1.68. The molecule has 0 saturated heterocycles. The van der Waals surface area contributed by atoms with Gasteiger partial charge in [0.2, 0.25) is 3.79 Å². The van der Waals surface area contributed by atoms with Gasteiger partial charge in [0.25, 0.3) is 0 Å². The molecule has 0 saturated carbocycles. The number of hydrogen-bond acceptors (Lipinski definition) is 2. The molecule has 0 aliphatic carbocycles. The van der Waals surface area contributed by atoms with Crippen LogP contribution in [0.25, 0.3) is 10.9 Å². The lowest BCUT2D eigenvalue weighted by Crippen LogP contribution is -2.01. The Kier molecular flexibility index (Phi) is 5.49. The molecule has 2 aromatic rings. The van der Waals surface area contributed by atoms with Crippen LogP contribution >= 0.6 is 34.8 Å². The minimum atomic E-state index is -1.42. The standard InChI is InChI=1S/C10H6Cl3N.O2S/c11-10(12,13)8-5-1-3-7-4-2-6-14-9(7)8;1-3-2/h1-6H;/p+1. The Balaban J connectivity index is 0.000000437. The van der Waals surface area contributed by atoms with E-state index in [0.717, 1.165) is 10.9 Å². The van der Waals surface area contributed by atoms with Gasteiger partial charge in [0.15, 0.2) is 0 Å². The summed E-state index contributed by atoms with van der Waals surface area (Å²) in [6.45, 7) is 0. The molecule has 1 aromatic heterocycles. The Hall–Kier alpha value is -0.520. The van der Waals surface area contributed by atoms with Gasteiger partial charge in [-0.2, -0.15) is 0 Å². The van der Waals surface area contributed by atoms with Crippen molar-refractivity contribution in [3.8, 4) is 0 Å². The highest BCUT2D eigenvalue weighted by molar-refractivity contribution is 7.59. The third kappa shape index (κ3) is 4.01. The first-order valence-corrected chi connectivity index (χ1v) is 6.18. The first-order valence-electron chi connectivity index (χ1n) is 4.35. The first-order chi connectivity index (χ1) is 8.00. The maximum absolute atomic E-state index is 8.40. The third-order valence-corrected chi connectivity index (χ3v) is 2.55. The van der Waals surface area contributed by atoms with E-state index in [2.05, 4.69) is 4.98 Å². The second-order valence-electron chi connectivity index (χ2n) is 2.95. The Labute approximate surface area is 117 Å². The number of benzene rings is 1. The lowest BCUT2D eigenvalue weighted by Gasteiger charge is -2.12. The molecule has 0 bridgehead atoms. The summed E-state index contributed by atoms with van der Waals surface area (Å²) in [5, 5.41) is 0.969. The largest absolute Gasteiger partial charge is 0.690 e. The summed E-state index contributed by atoms with van der Waals surface area (Å²) in [6, 6.07) is 9.33. The predicted octanol–water partition coefficient (Wildman–Crippen LogP) is 3.95. The van der Waals surface area contributed by atoms with Gasteiger partial charge < -0.3 is 0 Å². The van der Waals surface area contributed by atoms with Gasteiger partial charge in [0.1, 0.15) is 0 Å². The van der Waals surface area contributed by atoms with Crippen molar-refractivity contribution >= 4 is 57.7 Å². The molecular weight excluding hydrogens is 305 g/mol. The Morgan fingerprint density at radius 1 is 1.18 bits per heavy atom. The Bertz CT molecular complexity index is 511. The maximum Gasteiger partial charge on any atom is 0.690 e. The maximum atomic E-state index is 8.40. The molecule has 1 N–H and O–H groups in total. The van der Waals surface area contributed by atoms with E-state index in [1.807, 2.05) is 24.3 Å². The second kappa shape index (κ2) is 6.42. The van der Waals surface area contributed by atoms with Gasteiger partial charge in [0.05, 0.1) is 9.73 Å². The van der Waals surface area contributed by atoms with Crippen molar-refractivity contribution in [2.24, 2.45) is 0 Å². The zero-order valence-corrected chi connectivity index (χ0v) is 11.4. The number of para-hydroxylation sites is 1. The van der Waals surface area contributed by atoms with Gasteiger partial charge in [-0.05, 0) is 6.07 Å². The molecule has 2 rings (SSSR count). The van der Waals surface area contributed by atoms with Crippen LogP contribution in [0.5, 0.6) is 0 Å². The van der Waals surface area contributed by atoms with Crippen molar-refractivity contribution in [3.63, 3.8) is 0 Å². The average Bonchev–Trinajstić information content (AvgIpc) is 2.28. The molecular formula is C10H7Cl3NO2S+. The third-order valence-electron chi connectivity index (χ3n) is 1.94. The van der Waals surface area contributed by atoms with E-state index in [1.54, 1.807) is 12.3 Å². The molecule has 0 radical (unpaired) electrons. The quantitative estimate of drug-likeness (QED) is 0.455. The fraction of sp³-hybridized carbons (Fsp3) is 0.100. The van der Waals surface area contributed by atoms with Gasteiger partial charge in [0, 0.05) is 17.1 Å². The normalized spacial score (nSPS) is 10.6. The van der Waals surface area contributed by atoms with Crippen LogP contribution in [0, 0.1) is 0 Å². The van der Waals surface area contributed by atoms with E-state index in [-0.39, 0.29) is 0 Å². The summed E-state index contributed by atoms with van der Waals surface area (Å²) >= 11 is 17.0. The highest BCUT2D eigenvalue weighted by Crippen LogP contribution is 2.40. The van der Waals surface area contributed by atoms with Gasteiger partial charge in [-0.3, -0.25) is 4.98 Å². The van der Waals surface area contributed by atoms with Crippen LogP contribution in [0.3, 0.4) is 0 Å². The summed E-state index contributed by atoms with van der Waals surface area (Å²) in [4.78, 5) is 4.19. The van der Waals surface area contributed by atoms with Gasteiger partial charge in [-0.1, -0.05) is 63.6 Å². The Morgan fingerprint density at radius 3 is 2.35 bits per heavy atom. The number of aromatic nitrogens is 1. The number of alkyl halides is 3. The molecule has 0 unspecified atom stereocenters. The average molecular weight is 312 g/mol. The van der Waals surface area contributed by atoms with Crippen LogP contribution in [0.1, 0.15) is 5.56 Å².